The van der Waals surface area contributed by atoms with E-state index in [1.807, 2.05) is 67.7 Å². The molecule has 130 valence electrons. The maximum atomic E-state index is 10.7. The number of hydrogen-bond acceptors (Lipinski definition) is 5. The minimum absolute atomic E-state index is 0.134. The third-order valence-corrected chi connectivity index (χ3v) is 5.37. The second-order valence-electron chi connectivity index (χ2n) is 5.69. The number of nitrogens with zero attached hydrogens (tertiary/aromatic N) is 2. The maximum Gasteiger partial charge on any atom is 0.215 e. The van der Waals surface area contributed by atoms with Gasteiger partial charge in [-0.1, -0.05) is 18.2 Å². The molecule has 1 aliphatic heterocycles. The second kappa shape index (κ2) is 6.90. The van der Waals surface area contributed by atoms with Crippen LogP contribution in [-0.4, -0.2) is 22.5 Å². The highest BCUT2D eigenvalue weighted by Gasteiger charge is 2.16. The zero-order chi connectivity index (χ0) is 18.1. The summed E-state index contributed by atoms with van der Waals surface area (Å²) in [6, 6.07) is 15.4. The van der Waals surface area contributed by atoms with E-state index in [0.717, 1.165) is 28.3 Å². The number of para-hydroxylation sites is 1. The van der Waals surface area contributed by atoms with Crippen molar-refractivity contribution in [3.05, 3.63) is 62.9 Å². The van der Waals surface area contributed by atoms with Crippen LogP contribution in [0.2, 0.25) is 0 Å². The number of thiazole rings is 1. The highest BCUT2D eigenvalue weighted by atomic mass is 32.1. The predicted octanol–water partition coefficient (Wildman–Crippen LogP) is 5.63. The molecule has 0 radical (unpaired) electrons. The second-order valence-corrected chi connectivity index (χ2v) is 7.37. The number of aromatic nitrogens is 1. The monoisotopic (exact) mass is 380 g/mol. The zero-order valence-corrected chi connectivity index (χ0v) is 15.7. The van der Waals surface area contributed by atoms with Gasteiger partial charge in [0.25, 0.3) is 0 Å². The van der Waals surface area contributed by atoms with E-state index < -0.39 is 0 Å². The summed E-state index contributed by atoms with van der Waals surface area (Å²) < 4.78 is 7.72. The Kier molecular flexibility index (Phi) is 4.44. The summed E-state index contributed by atoms with van der Waals surface area (Å²) in [6.07, 6.45) is 3.74. The number of aromatic hydroxyl groups is 1. The summed E-state index contributed by atoms with van der Waals surface area (Å²) in [5, 5.41) is 10.7. The van der Waals surface area contributed by atoms with Gasteiger partial charge in [0.1, 0.15) is 5.75 Å². The van der Waals surface area contributed by atoms with E-state index in [2.05, 4.69) is 4.99 Å². The first-order valence-corrected chi connectivity index (χ1v) is 9.43. The van der Waals surface area contributed by atoms with Crippen LogP contribution >= 0.6 is 23.6 Å². The average Bonchev–Trinajstić information content (AvgIpc) is 3.18. The first-order chi connectivity index (χ1) is 12.7. The number of fused-ring (bicyclic) bond motifs is 1. The van der Waals surface area contributed by atoms with Crippen molar-refractivity contribution in [3.63, 3.8) is 0 Å². The van der Waals surface area contributed by atoms with Crippen molar-refractivity contribution in [2.45, 2.75) is 6.92 Å². The minimum Gasteiger partial charge on any atom is -0.494 e. The lowest BCUT2D eigenvalue weighted by Gasteiger charge is -2.07. The quantitative estimate of drug-likeness (QED) is 0.597. The molecule has 0 bridgehead atoms. The molecule has 3 aromatic rings. The van der Waals surface area contributed by atoms with E-state index in [4.69, 9.17) is 17.0 Å². The lowest BCUT2D eigenvalue weighted by molar-refractivity contribution is 0.340. The lowest BCUT2D eigenvalue weighted by atomic mass is 10.1. The van der Waals surface area contributed by atoms with Crippen LogP contribution in [0.5, 0.6) is 11.6 Å². The van der Waals surface area contributed by atoms with Crippen molar-refractivity contribution in [1.82, 2.24) is 4.57 Å². The van der Waals surface area contributed by atoms with Gasteiger partial charge in [0, 0.05) is 17.4 Å². The molecule has 0 saturated carbocycles. The summed E-state index contributed by atoms with van der Waals surface area (Å²) in [5.74, 6) is 0.924. The number of ether oxygens (including phenoxy) is 1. The van der Waals surface area contributed by atoms with E-state index in [9.17, 15) is 5.11 Å². The number of rotatable bonds is 4. The number of hydrogen-bond donors (Lipinski definition) is 1. The van der Waals surface area contributed by atoms with Gasteiger partial charge in [0.05, 0.1) is 22.9 Å². The molecule has 1 N–H and O–H groups in total. The molecule has 2 heterocycles. The molecule has 0 unspecified atom stereocenters. The Balaban J connectivity index is 1.73. The van der Waals surface area contributed by atoms with Crippen molar-refractivity contribution in [1.29, 1.82) is 0 Å². The van der Waals surface area contributed by atoms with Gasteiger partial charge in [-0.05, 0) is 55.5 Å². The van der Waals surface area contributed by atoms with E-state index in [1.165, 1.54) is 11.3 Å². The highest BCUT2D eigenvalue weighted by Crippen LogP contribution is 2.37. The molecule has 4 nitrogen and oxygen atoms in total. The third-order valence-electron chi connectivity index (χ3n) is 4.06. The first kappa shape index (κ1) is 16.8. The molecule has 26 heavy (non-hydrogen) atoms. The van der Waals surface area contributed by atoms with Crippen LogP contribution in [0.4, 0.5) is 5.69 Å². The van der Waals surface area contributed by atoms with Gasteiger partial charge in [-0.15, -0.1) is 11.3 Å². The Morgan fingerprint density at radius 1 is 1.19 bits per heavy atom. The molecule has 0 aliphatic carbocycles. The van der Waals surface area contributed by atoms with Crippen LogP contribution in [0.25, 0.3) is 17.3 Å². The number of allylic oxidation sites excluding steroid dienone is 1. The Hall–Kier alpha value is -2.70. The van der Waals surface area contributed by atoms with Gasteiger partial charge in [0.2, 0.25) is 5.88 Å². The summed E-state index contributed by atoms with van der Waals surface area (Å²) in [4.78, 5) is 5.11. The van der Waals surface area contributed by atoms with E-state index >= 15 is 0 Å². The lowest BCUT2D eigenvalue weighted by Crippen LogP contribution is -1.95. The molecule has 1 aliphatic rings. The summed E-state index contributed by atoms with van der Waals surface area (Å²) in [5.41, 5.74) is 3.76. The fourth-order valence-electron chi connectivity index (χ4n) is 2.86. The third kappa shape index (κ3) is 2.98. The summed E-state index contributed by atoms with van der Waals surface area (Å²) in [6.45, 7) is 2.56. The van der Waals surface area contributed by atoms with Crippen molar-refractivity contribution < 1.29 is 9.84 Å². The van der Waals surface area contributed by atoms with Crippen molar-refractivity contribution in [3.8, 4) is 17.3 Å². The Morgan fingerprint density at radius 3 is 2.73 bits per heavy atom. The largest absolute Gasteiger partial charge is 0.494 e. The molecule has 6 heteroatoms. The van der Waals surface area contributed by atoms with Gasteiger partial charge in [-0.25, -0.2) is 0 Å². The molecule has 0 fully saturated rings. The van der Waals surface area contributed by atoms with Gasteiger partial charge in [0.15, 0.2) is 3.95 Å². The zero-order valence-electron chi connectivity index (χ0n) is 14.0. The van der Waals surface area contributed by atoms with Crippen LogP contribution in [0.1, 0.15) is 17.4 Å². The molecule has 2 aromatic carbocycles. The molecule has 1 aromatic heterocycles. The van der Waals surface area contributed by atoms with E-state index in [0.29, 0.717) is 15.4 Å². The molecule has 0 spiro atoms. The van der Waals surface area contributed by atoms with Crippen LogP contribution in [0.3, 0.4) is 0 Å². The number of aliphatic imine (C=N–C) groups is 1. The molecule has 0 amide bonds. The van der Waals surface area contributed by atoms with Crippen molar-refractivity contribution in [2.75, 3.05) is 6.61 Å². The van der Waals surface area contributed by atoms with E-state index in [1.54, 1.807) is 4.57 Å². The summed E-state index contributed by atoms with van der Waals surface area (Å²) >= 11 is 6.84. The smallest absolute Gasteiger partial charge is 0.215 e. The Labute approximate surface area is 160 Å². The molecule has 0 atom stereocenters. The maximum absolute atomic E-state index is 10.7. The van der Waals surface area contributed by atoms with Crippen LogP contribution in [0.15, 0.2) is 53.5 Å². The van der Waals surface area contributed by atoms with Gasteiger partial charge >= 0.3 is 0 Å². The Morgan fingerprint density at radius 2 is 1.96 bits per heavy atom. The standard InChI is InChI=1S/C20H16N2O2S2/c1-2-24-15-9-7-14(8-10-15)22-19(23)18(26-20(22)25)11-13-12-21-17-6-4-3-5-16(13)17/h3-12,23H,2H2,1H3. The molecule has 0 saturated heterocycles. The van der Waals surface area contributed by atoms with Crippen molar-refractivity contribution in [2.24, 2.45) is 4.99 Å². The topological polar surface area (TPSA) is 46.8 Å². The van der Waals surface area contributed by atoms with Crippen molar-refractivity contribution >= 4 is 47.1 Å². The van der Waals surface area contributed by atoms with Crippen LogP contribution in [0, 0.1) is 3.95 Å². The first-order valence-electron chi connectivity index (χ1n) is 8.20. The minimum atomic E-state index is 0.134. The summed E-state index contributed by atoms with van der Waals surface area (Å²) in [7, 11) is 0. The SMILES string of the molecule is CCOc1ccc(-n2c(O)c(C=C3C=Nc4ccccc43)sc2=S)cc1. The fraction of sp³-hybridized carbons (Fsp3) is 0.100. The van der Waals surface area contributed by atoms with Gasteiger partial charge < -0.3 is 9.84 Å². The molecule has 4 rings (SSSR count). The van der Waals surface area contributed by atoms with E-state index in [-0.39, 0.29) is 5.88 Å². The molecular formula is C20H16N2O2S2. The Bertz CT molecular complexity index is 1080. The molecular weight excluding hydrogens is 364 g/mol. The fourth-order valence-corrected chi connectivity index (χ4v) is 4.16. The normalized spacial score (nSPS) is 14.0. The van der Waals surface area contributed by atoms with Gasteiger partial charge in [-0.2, -0.15) is 0 Å². The number of benzene rings is 2. The van der Waals surface area contributed by atoms with Gasteiger partial charge in [-0.3, -0.25) is 9.56 Å². The predicted molar refractivity (Wildman–Crippen MR) is 110 cm³/mol. The van der Waals surface area contributed by atoms with Crippen LogP contribution in [-0.2, 0) is 0 Å². The van der Waals surface area contributed by atoms with Crippen LogP contribution < -0.4 is 4.74 Å². The average molecular weight is 380 g/mol. The highest BCUT2D eigenvalue weighted by molar-refractivity contribution is 7.73.